The third kappa shape index (κ3) is 5.28. The van der Waals surface area contributed by atoms with E-state index < -0.39 is 37.0 Å². The van der Waals surface area contributed by atoms with Crippen LogP contribution in [0, 0.1) is 12.7 Å². The number of benzene rings is 2. The number of halogens is 3. The van der Waals surface area contributed by atoms with Gasteiger partial charge in [-0.05, 0) is 26.0 Å². The molecule has 7 nitrogen and oxygen atoms in total. The minimum atomic E-state index is -3.73. The summed E-state index contributed by atoms with van der Waals surface area (Å²) in [5.74, 6) is -3.59. The van der Waals surface area contributed by atoms with Crippen molar-refractivity contribution in [2.45, 2.75) is 25.8 Å². The molecule has 1 aromatic heterocycles. The topological polar surface area (TPSA) is 85.7 Å². The van der Waals surface area contributed by atoms with Crippen molar-refractivity contribution < 1.29 is 36.6 Å². The Morgan fingerprint density at radius 1 is 1.21 bits per heavy atom. The molecule has 0 saturated carbocycles. The van der Waals surface area contributed by atoms with Crippen molar-refractivity contribution >= 4 is 16.7 Å². The summed E-state index contributed by atoms with van der Waals surface area (Å²) in [6, 6.07) is 5.96. The fourth-order valence-electron chi connectivity index (χ4n) is 3.36. The smallest absolute Gasteiger partial charge is 0.298 e. The highest BCUT2D eigenvalue weighted by molar-refractivity contribution is 5.92. The van der Waals surface area contributed by atoms with Crippen LogP contribution in [0.1, 0.15) is 34.0 Å². The van der Waals surface area contributed by atoms with Crippen LogP contribution < -0.4 is 14.8 Å². The third-order valence-corrected chi connectivity index (χ3v) is 4.98. The lowest BCUT2D eigenvalue weighted by Gasteiger charge is -2.21. The van der Waals surface area contributed by atoms with E-state index in [0.29, 0.717) is 22.5 Å². The highest BCUT2D eigenvalue weighted by Gasteiger charge is 2.35. The van der Waals surface area contributed by atoms with Gasteiger partial charge < -0.3 is 24.6 Å². The zero-order valence-corrected chi connectivity index (χ0v) is 18.3. The van der Waals surface area contributed by atoms with Crippen LogP contribution in [0.25, 0.3) is 10.9 Å². The number of rotatable bonds is 10. The largest absolute Gasteiger partial charge is 0.493 e. The first-order chi connectivity index (χ1) is 16.9. The molecule has 0 spiro atoms. The van der Waals surface area contributed by atoms with Crippen molar-refractivity contribution in [3.05, 3.63) is 53.1 Å². The molecule has 1 heterocycles. The normalized spacial score (nSPS) is 14.3. The van der Waals surface area contributed by atoms with Crippen LogP contribution in [0.3, 0.4) is 0 Å². The van der Waals surface area contributed by atoms with Gasteiger partial charge in [-0.1, -0.05) is 12.1 Å². The van der Waals surface area contributed by atoms with Crippen molar-refractivity contribution in [3.63, 3.8) is 0 Å². The van der Waals surface area contributed by atoms with Gasteiger partial charge in [0, 0.05) is 24.1 Å². The second-order valence-electron chi connectivity index (χ2n) is 7.27. The summed E-state index contributed by atoms with van der Waals surface area (Å²) in [5.41, 5.74) is -0.474. The maximum absolute atomic E-state index is 15.0. The van der Waals surface area contributed by atoms with Gasteiger partial charge in [-0.2, -0.15) is 8.78 Å². The summed E-state index contributed by atoms with van der Waals surface area (Å²) < 4.78 is 79.9. The van der Waals surface area contributed by atoms with Crippen LogP contribution in [0.5, 0.6) is 11.5 Å². The van der Waals surface area contributed by atoms with E-state index in [1.54, 1.807) is 26.0 Å². The Labute approximate surface area is 193 Å². The molecule has 0 unspecified atom stereocenters. The Kier molecular flexibility index (Phi) is 6.35. The molecular formula is C23H26F3N3O4. The standard InChI is InChI=1S/C23H26F3N3O4/c1-13(15-6-5-7-17(21(15)24)23(25,26)12-30)27-22-16-10-20(33-9-8-31-3)19(32-4)11-18(16)28-14(2)29-22/h5-7,10-11,13,30H,8-9,12H2,1-4H3,(H,27,28,29)/t13-/m1/s1/i3D3. The lowest BCUT2D eigenvalue weighted by molar-refractivity contribution is -0.0583. The quantitative estimate of drug-likeness (QED) is 0.428. The molecule has 3 rings (SSSR count). The fraction of sp³-hybridized carbons (Fsp3) is 0.391. The molecule has 0 aliphatic carbocycles. The van der Waals surface area contributed by atoms with Gasteiger partial charge in [0.05, 0.1) is 35.0 Å². The third-order valence-electron chi connectivity index (χ3n) is 4.98. The van der Waals surface area contributed by atoms with Crippen molar-refractivity contribution in [2.75, 3.05) is 39.3 Å². The molecule has 0 radical (unpaired) electrons. The molecule has 0 saturated heterocycles. The Bertz CT molecular complexity index is 1230. The molecule has 3 aromatic rings. The van der Waals surface area contributed by atoms with Crippen LogP contribution in [0.15, 0.2) is 30.3 Å². The second kappa shape index (κ2) is 10.2. The van der Waals surface area contributed by atoms with Gasteiger partial charge in [0.2, 0.25) is 0 Å². The van der Waals surface area contributed by atoms with E-state index in [9.17, 15) is 13.2 Å². The monoisotopic (exact) mass is 468 g/mol. The summed E-state index contributed by atoms with van der Waals surface area (Å²) in [6.45, 7) is 1.44. The van der Waals surface area contributed by atoms with E-state index in [-0.39, 0.29) is 30.3 Å². The summed E-state index contributed by atoms with van der Waals surface area (Å²) in [7, 11) is -1.12. The maximum atomic E-state index is 15.0. The minimum Gasteiger partial charge on any atom is -0.493 e. The summed E-state index contributed by atoms with van der Waals surface area (Å²) in [5, 5.41) is 12.5. The molecule has 2 aromatic carbocycles. The molecule has 2 N–H and O–H groups in total. The number of methoxy groups -OCH3 is 2. The maximum Gasteiger partial charge on any atom is 0.298 e. The number of hydrogen-bond acceptors (Lipinski definition) is 7. The first-order valence-electron chi connectivity index (χ1n) is 11.5. The Morgan fingerprint density at radius 2 is 2.00 bits per heavy atom. The number of aromatic nitrogens is 2. The number of hydrogen-bond donors (Lipinski definition) is 2. The summed E-state index contributed by atoms with van der Waals surface area (Å²) >= 11 is 0. The first-order valence-corrected chi connectivity index (χ1v) is 10.0. The van der Waals surface area contributed by atoms with Gasteiger partial charge in [0.15, 0.2) is 11.5 Å². The zero-order chi connectivity index (χ0) is 26.7. The number of fused-ring (bicyclic) bond motifs is 1. The lowest BCUT2D eigenvalue weighted by atomic mass is 10.00. The molecule has 0 bridgehead atoms. The van der Waals surface area contributed by atoms with E-state index in [0.717, 1.165) is 6.07 Å². The number of alkyl halides is 2. The van der Waals surface area contributed by atoms with E-state index in [1.165, 1.54) is 19.2 Å². The van der Waals surface area contributed by atoms with E-state index in [2.05, 4.69) is 15.3 Å². The molecule has 33 heavy (non-hydrogen) atoms. The predicted octanol–water partition coefficient (Wildman–Crippen LogP) is 4.37. The second-order valence-corrected chi connectivity index (χ2v) is 7.27. The minimum absolute atomic E-state index is 0.0446. The van der Waals surface area contributed by atoms with Gasteiger partial charge in [-0.3, -0.25) is 0 Å². The number of aryl methyl sites for hydroxylation is 1. The van der Waals surface area contributed by atoms with Gasteiger partial charge >= 0.3 is 0 Å². The Balaban J connectivity index is 1.95. The number of aliphatic hydroxyl groups is 1. The molecule has 0 aliphatic rings. The van der Waals surface area contributed by atoms with E-state index >= 15 is 0 Å². The van der Waals surface area contributed by atoms with Crippen molar-refractivity contribution in [1.82, 2.24) is 9.97 Å². The van der Waals surface area contributed by atoms with Crippen LogP contribution in [-0.4, -0.2) is 49.0 Å². The first kappa shape index (κ1) is 20.5. The number of nitrogens with one attached hydrogen (secondary N) is 1. The summed E-state index contributed by atoms with van der Waals surface area (Å²) in [4.78, 5) is 8.76. The molecular weight excluding hydrogens is 439 g/mol. The molecule has 10 heteroatoms. The van der Waals surface area contributed by atoms with Gasteiger partial charge in [-0.25, -0.2) is 14.4 Å². The van der Waals surface area contributed by atoms with Gasteiger partial charge in [-0.15, -0.1) is 0 Å². The average Bonchev–Trinajstić information content (AvgIpc) is 2.80. The Hall–Kier alpha value is -3.11. The molecule has 0 amide bonds. The predicted molar refractivity (Wildman–Crippen MR) is 118 cm³/mol. The van der Waals surface area contributed by atoms with E-state index in [4.69, 9.17) is 23.4 Å². The fourth-order valence-corrected chi connectivity index (χ4v) is 3.36. The number of nitrogens with zero attached hydrogens (tertiary/aromatic N) is 2. The highest BCUT2D eigenvalue weighted by atomic mass is 19.3. The van der Waals surface area contributed by atoms with Gasteiger partial charge in [0.1, 0.15) is 30.7 Å². The molecule has 1 atom stereocenters. The van der Waals surface area contributed by atoms with Crippen LogP contribution in [-0.2, 0) is 10.7 Å². The van der Waals surface area contributed by atoms with Crippen LogP contribution in [0.2, 0.25) is 0 Å². The summed E-state index contributed by atoms with van der Waals surface area (Å²) in [6.07, 6.45) is 0. The van der Waals surface area contributed by atoms with Crippen molar-refractivity contribution in [1.29, 1.82) is 0 Å². The van der Waals surface area contributed by atoms with Gasteiger partial charge in [0.25, 0.3) is 5.92 Å². The molecule has 178 valence electrons. The highest BCUT2D eigenvalue weighted by Crippen LogP contribution is 2.37. The van der Waals surface area contributed by atoms with Crippen LogP contribution >= 0.6 is 0 Å². The van der Waals surface area contributed by atoms with Crippen LogP contribution in [0.4, 0.5) is 19.0 Å². The van der Waals surface area contributed by atoms with E-state index in [1.807, 2.05) is 0 Å². The number of anilines is 1. The number of ether oxygens (including phenoxy) is 3. The molecule has 0 fully saturated rings. The number of aliphatic hydroxyl groups excluding tert-OH is 1. The SMILES string of the molecule is [2H]C([2H])([2H])OCCOc1cc2c(N[C@H](C)c3cccc(C(F)(F)CO)c3F)nc(C)nc2cc1OC. The lowest BCUT2D eigenvalue weighted by Crippen LogP contribution is -2.22. The van der Waals surface area contributed by atoms with Crippen molar-refractivity contribution in [2.24, 2.45) is 0 Å². The zero-order valence-electron chi connectivity index (χ0n) is 21.3. The Morgan fingerprint density at radius 3 is 2.70 bits per heavy atom. The average molecular weight is 468 g/mol. The molecule has 0 aliphatic heterocycles. The van der Waals surface area contributed by atoms with Crippen molar-refractivity contribution in [3.8, 4) is 11.5 Å².